The number of nitrogens with zero attached hydrogens (tertiary/aromatic N) is 1. The second-order valence-electron chi connectivity index (χ2n) is 5.54. The maximum Gasteiger partial charge on any atom is 0.251 e. The smallest absolute Gasteiger partial charge is 0.251 e. The summed E-state index contributed by atoms with van der Waals surface area (Å²) < 4.78 is 0. The van der Waals surface area contributed by atoms with Crippen LogP contribution in [-0.4, -0.2) is 19.5 Å². The molecule has 1 aliphatic heterocycles. The van der Waals surface area contributed by atoms with Crippen molar-refractivity contribution in [2.75, 3.05) is 18.5 Å². The van der Waals surface area contributed by atoms with Gasteiger partial charge in [-0.25, -0.2) is 0 Å². The van der Waals surface area contributed by atoms with E-state index in [1.807, 2.05) is 30.3 Å². The van der Waals surface area contributed by atoms with E-state index < -0.39 is 0 Å². The molecule has 3 rings (SSSR count). The van der Waals surface area contributed by atoms with Crippen LogP contribution in [0, 0.1) is 0 Å². The van der Waals surface area contributed by atoms with Crippen LogP contribution in [0.25, 0.3) is 0 Å². The van der Waals surface area contributed by atoms with Gasteiger partial charge in [0.15, 0.2) is 0 Å². The Labute approximate surface area is 125 Å². The van der Waals surface area contributed by atoms with Gasteiger partial charge in [-0.2, -0.15) is 0 Å². The zero-order valence-electron chi connectivity index (χ0n) is 12.3. The van der Waals surface area contributed by atoms with Crippen molar-refractivity contribution in [1.82, 2.24) is 5.32 Å². The van der Waals surface area contributed by atoms with E-state index in [0.717, 1.165) is 18.5 Å². The third-order valence-electron chi connectivity index (χ3n) is 3.98. The van der Waals surface area contributed by atoms with Crippen molar-refractivity contribution in [3.05, 3.63) is 65.2 Å². The molecule has 1 amide bonds. The summed E-state index contributed by atoms with van der Waals surface area (Å²) in [5.41, 5.74) is 4.57. The predicted octanol–water partition coefficient (Wildman–Crippen LogP) is 3.00. The van der Waals surface area contributed by atoms with Gasteiger partial charge in [-0.3, -0.25) is 4.79 Å². The van der Waals surface area contributed by atoms with Gasteiger partial charge in [0.2, 0.25) is 0 Å². The normalized spacial score (nSPS) is 13.7. The molecule has 108 valence electrons. The summed E-state index contributed by atoms with van der Waals surface area (Å²) in [6.07, 6.45) is 2.32. The number of carbonyl (C=O) groups excluding carboxylic acids is 1. The third-order valence-corrected chi connectivity index (χ3v) is 3.98. The molecular weight excluding hydrogens is 260 g/mol. The molecule has 0 aliphatic carbocycles. The third kappa shape index (κ3) is 3.07. The molecule has 1 aliphatic rings. The second-order valence-corrected chi connectivity index (χ2v) is 5.54. The lowest BCUT2D eigenvalue weighted by molar-refractivity contribution is 0.0951. The fraction of sp³-hybridized carbons (Fsp3) is 0.278. The Morgan fingerprint density at radius 2 is 2.00 bits per heavy atom. The molecule has 2 aromatic rings. The summed E-state index contributed by atoms with van der Waals surface area (Å²) in [6, 6.07) is 15.8. The Kier molecular flexibility index (Phi) is 3.91. The molecule has 0 saturated heterocycles. The molecule has 1 N–H and O–H groups in total. The quantitative estimate of drug-likeness (QED) is 0.937. The monoisotopic (exact) mass is 280 g/mol. The predicted molar refractivity (Wildman–Crippen MR) is 85.6 cm³/mol. The minimum absolute atomic E-state index is 0.0227. The van der Waals surface area contributed by atoms with Crippen molar-refractivity contribution in [1.29, 1.82) is 0 Å². The summed E-state index contributed by atoms with van der Waals surface area (Å²) >= 11 is 0. The van der Waals surface area contributed by atoms with E-state index in [1.54, 1.807) is 0 Å². The van der Waals surface area contributed by atoms with Crippen LogP contribution in [0.1, 0.15) is 27.9 Å². The number of anilines is 1. The first-order valence-electron chi connectivity index (χ1n) is 7.40. The Morgan fingerprint density at radius 1 is 1.19 bits per heavy atom. The molecule has 0 bridgehead atoms. The van der Waals surface area contributed by atoms with Crippen LogP contribution in [0.3, 0.4) is 0 Å². The average molecular weight is 280 g/mol. The van der Waals surface area contributed by atoms with Crippen molar-refractivity contribution < 1.29 is 4.79 Å². The Hall–Kier alpha value is -2.29. The van der Waals surface area contributed by atoms with Crippen LogP contribution in [0.4, 0.5) is 5.69 Å². The van der Waals surface area contributed by atoms with Gasteiger partial charge in [-0.15, -0.1) is 0 Å². The highest BCUT2D eigenvalue weighted by Crippen LogP contribution is 2.26. The lowest BCUT2D eigenvalue weighted by Gasteiger charge is -2.27. The molecule has 0 radical (unpaired) electrons. The molecule has 21 heavy (non-hydrogen) atoms. The Morgan fingerprint density at radius 3 is 2.81 bits per heavy atom. The number of aryl methyl sites for hydroxylation is 1. The van der Waals surface area contributed by atoms with Gasteiger partial charge < -0.3 is 10.2 Å². The first-order valence-corrected chi connectivity index (χ1v) is 7.40. The zero-order valence-corrected chi connectivity index (χ0v) is 12.3. The summed E-state index contributed by atoms with van der Waals surface area (Å²) in [5.74, 6) is -0.0227. The van der Waals surface area contributed by atoms with Gasteiger partial charge in [-0.05, 0) is 42.2 Å². The molecule has 0 aromatic heterocycles. The average Bonchev–Trinajstić information content (AvgIpc) is 2.53. The van der Waals surface area contributed by atoms with Gasteiger partial charge in [0.1, 0.15) is 0 Å². The van der Waals surface area contributed by atoms with Crippen LogP contribution in [0.2, 0.25) is 0 Å². The van der Waals surface area contributed by atoms with Gasteiger partial charge in [0, 0.05) is 31.4 Å². The van der Waals surface area contributed by atoms with Crippen molar-refractivity contribution in [3.8, 4) is 0 Å². The van der Waals surface area contributed by atoms with Gasteiger partial charge in [0.05, 0.1) is 0 Å². The van der Waals surface area contributed by atoms with E-state index in [2.05, 4.69) is 35.5 Å². The number of rotatable bonds is 3. The van der Waals surface area contributed by atoms with Crippen molar-refractivity contribution in [3.63, 3.8) is 0 Å². The molecule has 0 atom stereocenters. The van der Waals surface area contributed by atoms with E-state index in [0.29, 0.717) is 12.1 Å². The van der Waals surface area contributed by atoms with Crippen LogP contribution in [0.5, 0.6) is 0 Å². The molecule has 3 heteroatoms. The number of benzene rings is 2. The molecule has 3 nitrogen and oxygen atoms in total. The maximum atomic E-state index is 12.0. The highest BCUT2D eigenvalue weighted by atomic mass is 16.1. The van der Waals surface area contributed by atoms with Crippen molar-refractivity contribution >= 4 is 11.6 Å². The zero-order chi connectivity index (χ0) is 14.7. The van der Waals surface area contributed by atoms with Gasteiger partial charge >= 0.3 is 0 Å². The molecule has 2 aromatic carbocycles. The van der Waals surface area contributed by atoms with Crippen molar-refractivity contribution in [2.45, 2.75) is 19.4 Å². The van der Waals surface area contributed by atoms with Crippen LogP contribution in [-0.2, 0) is 13.0 Å². The van der Waals surface area contributed by atoms with Gasteiger partial charge in [0.25, 0.3) is 5.91 Å². The molecule has 0 fully saturated rings. The lowest BCUT2D eigenvalue weighted by Crippen LogP contribution is -2.25. The summed E-state index contributed by atoms with van der Waals surface area (Å²) in [5, 5.41) is 2.98. The summed E-state index contributed by atoms with van der Waals surface area (Å²) in [7, 11) is 2.13. The fourth-order valence-electron chi connectivity index (χ4n) is 2.82. The minimum Gasteiger partial charge on any atom is -0.374 e. The van der Waals surface area contributed by atoms with Crippen LogP contribution >= 0.6 is 0 Å². The number of amides is 1. The number of carbonyl (C=O) groups is 1. The molecule has 0 unspecified atom stereocenters. The number of hydrogen-bond acceptors (Lipinski definition) is 2. The van der Waals surface area contributed by atoms with Crippen LogP contribution in [0.15, 0.2) is 48.5 Å². The molecule has 1 heterocycles. The minimum atomic E-state index is -0.0227. The fourth-order valence-corrected chi connectivity index (χ4v) is 2.82. The van der Waals surface area contributed by atoms with Crippen LogP contribution < -0.4 is 10.2 Å². The number of fused-ring (bicyclic) bond motifs is 1. The van der Waals surface area contributed by atoms with Gasteiger partial charge in [-0.1, -0.05) is 30.3 Å². The highest BCUT2D eigenvalue weighted by molar-refractivity contribution is 5.94. The lowest BCUT2D eigenvalue weighted by atomic mass is 9.99. The Balaban J connectivity index is 1.67. The van der Waals surface area contributed by atoms with E-state index >= 15 is 0 Å². The van der Waals surface area contributed by atoms with E-state index in [-0.39, 0.29) is 5.91 Å². The largest absolute Gasteiger partial charge is 0.374 e. The Bertz CT molecular complexity index is 637. The first-order chi connectivity index (χ1) is 10.2. The SMILES string of the molecule is CN1CCCc2cc(CNC(=O)c3ccccc3)ccc21. The van der Waals surface area contributed by atoms with E-state index in [9.17, 15) is 4.79 Å². The van der Waals surface area contributed by atoms with Crippen molar-refractivity contribution in [2.24, 2.45) is 0 Å². The maximum absolute atomic E-state index is 12.0. The summed E-state index contributed by atoms with van der Waals surface area (Å²) in [6.45, 7) is 1.70. The molecule has 0 spiro atoms. The first kappa shape index (κ1) is 13.7. The summed E-state index contributed by atoms with van der Waals surface area (Å²) in [4.78, 5) is 14.3. The highest BCUT2D eigenvalue weighted by Gasteiger charge is 2.13. The van der Waals surface area contributed by atoms with E-state index in [1.165, 1.54) is 17.7 Å². The second kappa shape index (κ2) is 6.00. The standard InChI is InChI=1S/C18H20N2O/c1-20-11-5-8-16-12-14(9-10-17(16)20)13-19-18(21)15-6-3-2-4-7-15/h2-4,6-7,9-10,12H,5,8,11,13H2,1H3,(H,19,21). The number of hydrogen-bond donors (Lipinski definition) is 1. The number of nitrogens with one attached hydrogen (secondary N) is 1. The molecular formula is C18H20N2O. The topological polar surface area (TPSA) is 32.3 Å². The molecule has 0 saturated carbocycles. The van der Waals surface area contributed by atoms with E-state index in [4.69, 9.17) is 0 Å².